The van der Waals surface area contributed by atoms with Gasteiger partial charge in [0.25, 0.3) is 0 Å². The maximum absolute atomic E-state index is 12.9. The van der Waals surface area contributed by atoms with Crippen LogP contribution in [0.5, 0.6) is 5.88 Å². The van der Waals surface area contributed by atoms with Gasteiger partial charge in [0.05, 0.1) is 17.6 Å². The van der Waals surface area contributed by atoms with Crippen LogP contribution in [0.3, 0.4) is 0 Å². The van der Waals surface area contributed by atoms with Crippen molar-refractivity contribution in [3.05, 3.63) is 30.0 Å². The molecule has 2 aromatic heterocycles. The molecule has 1 aliphatic heterocycles. The topological polar surface area (TPSA) is 101 Å². The van der Waals surface area contributed by atoms with Gasteiger partial charge in [-0.25, -0.2) is 13.4 Å². The molecule has 1 N–H and O–H groups in total. The lowest BCUT2D eigenvalue weighted by molar-refractivity contribution is -0.0308. The third-order valence-electron chi connectivity index (χ3n) is 5.58. The SMILES string of the molecule is Cc1n[nH]c(C)c1S(=O)(=O)CN1C[C@H]2CCC[C@@H](C1)[C@H]2Oc1cnccn1. The largest absolute Gasteiger partial charge is 0.473 e. The van der Waals surface area contributed by atoms with Crippen molar-refractivity contribution in [3.63, 3.8) is 0 Å². The van der Waals surface area contributed by atoms with Crippen molar-refractivity contribution in [2.45, 2.75) is 44.1 Å². The van der Waals surface area contributed by atoms with Crippen LogP contribution in [0.1, 0.15) is 30.7 Å². The van der Waals surface area contributed by atoms with E-state index in [2.05, 4.69) is 25.1 Å². The highest BCUT2D eigenvalue weighted by Gasteiger charge is 2.42. The summed E-state index contributed by atoms with van der Waals surface area (Å²) >= 11 is 0. The highest BCUT2D eigenvalue weighted by atomic mass is 32.2. The molecule has 0 radical (unpaired) electrons. The molecule has 0 spiro atoms. The van der Waals surface area contributed by atoms with Crippen LogP contribution < -0.4 is 4.74 Å². The Hall–Kier alpha value is -2.00. The molecule has 0 aromatic carbocycles. The maximum atomic E-state index is 12.9. The average molecular weight is 391 g/mol. The van der Waals surface area contributed by atoms with E-state index in [-0.39, 0.29) is 12.0 Å². The summed E-state index contributed by atoms with van der Waals surface area (Å²) in [5, 5.41) is 6.81. The number of nitrogens with zero attached hydrogens (tertiary/aromatic N) is 4. The Morgan fingerprint density at radius 1 is 1.22 bits per heavy atom. The van der Waals surface area contributed by atoms with Crippen LogP contribution in [-0.2, 0) is 9.84 Å². The van der Waals surface area contributed by atoms with Gasteiger partial charge in [-0.05, 0) is 26.7 Å². The molecule has 8 nitrogen and oxygen atoms in total. The van der Waals surface area contributed by atoms with Crippen LogP contribution in [0.2, 0.25) is 0 Å². The normalized spacial score (nSPS) is 26.1. The van der Waals surface area contributed by atoms with Gasteiger partial charge in [0.1, 0.15) is 16.9 Å². The monoisotopic (exact) mass is 391 g/mol. The Morgan fingerprint density at radius 2 is 1.96 bits per heavy atom. The molecule has 1 aliphatic carbocycles. The van der Waals surface area contributed by atoms with Gasteiger partial charge in [0, 0.05) is 37.3 Å². The fourth-order valence-corrected chi connectivity index (χ4v) is 6.40. The molecule has 9 heteroatoms. The fraction of sp³-hybridized carbons (Fsp3) is 0.611. The first kappa shape index (κ1) is 18.4. The minimum atomic E-state index is -3.42. The molecule has 1 saturated heterocycles. The van der Waals surface area contributed by atoms with Gasteiger partial charge in [0.15, 0.2) is 9.84 Å². The Morgan fingerprint density at radius 3 is 2.56 bits per heavy atom. The highest BCUT2D eigenvalue weighted by Crippen LogP contribution is 2.37. The number of aromatic nitrogens is 4. The van der Waals surface area contributed by atoms with E-state index in [1.807, 2.05) is 0 Å². The summed E-state index contributed by atoms with van der Waals surface area (Å²) < 4.78 is 32.0. The molecule has 0 unspecified atom stereocenters. The average Bonchev–Trinajstić information content (AvgIpc) is 2.95. The molecular formula is C18H25N5O3S. The lowest BCUT2D eigenvalue weighted by Crippen LogP contribution is -2.54. The number of nitrogens with one attached hydrogen (secondary N) is 1. The number of hydrogen-bond acceptors (Lipinski definition) is 7. The van der Waals surface area contributed by atoms with E-state index in [4.69, 9.17) is 4.74 Å². The summed E-state index contributed by atoms with van der Waals surface area (Å²) in [4.78, 5) is 10.7. The zero-order chi connectivity index (χ0) is 19.0. The molecule has 0 amide bonds. The van der Waals surface area contributed by atoms with Crippen molar-refractivity contribution in [1.82, 2.24) is 25.1 Å². The van der Waals surface area contributed by atoms with E-state index in [1.54, 1.807) is 32.4 Å². The van der Waals surface area contributed by atoms with E-state index in [9.17, 15) is 8.42 Å². The van der Waals surface area contributed by atoms with Gasteiger partial charge in [0.2, 0.25) is 5.88 Å². The van der Waals surface area contributed by atoms with Crippen molar-refractivity contribution in [2.75, 3.05) is 19.0 Å². The van der Waals surface area contributed by atoms with Gasteiger partial charge in [-0.2, -0.15) is 5.10 Å². The number of ether oxygens (including phenoxy) is 1. The molecule has 4 rings (SSSR count). The molecule has 2 bridgehead atoms. The molecule has 2 aromatic rings. The van der Waals surface area contributed by atoms with Crippen LogP contribution in [0.25, 0.3) is 0 Å². The second-order valence-electron chi connectivity index (χ2n) is 7.62. The van der Waals surface area contributed by atoms with Crippen molar-refractivity contribution >= 4 is 9.84 Å². The number of hydrogen-bond donors (Lipinski definition) is 1. The zero-order valence-corrected chi connectivity index (χ0v) is 16.4. The van der Waals surface area contributed by atoms with Crippen molar-refractivity contribution in [1.29, 1.82) is 0 Å². The number of aromatic amines is 1. The molecule has 3 heterocycles. The van der Waals surface area contributed by atoms with Gasteiger partial charge in [-0.3, -0.25) is 15.0 Å². The number of sulfone groups is 1. The van der Waals surface area contributed by atoms with E-state index in [1.165, 1.54) is 0 Å². The summed E-state index contributed by atoms with van der Waals surface area (Å²) in [7, 11) is -3.42. The van der Waals surface area contributed by atoms with Gasteiger partial charge < -0.3 is 4.74 Å². The van der Waals surface area contributed by atoms with Crippen LogP contribution in [0, 0.1) is 25.7 Å². The molecule has 2 aliphatic rings. The number of piperidine rings is 1. The Labute approximate surface area is 159 Å². The number of aryl methyl sites for hydroxylation is 2. The predicted octanol–water partition coefficient (Wildman–Crippen LogP) is 1.73. The molecule has 2 fully saturated rings. The van der Waals surface area contributed by atoms with Gasteiger partial charge >= 0.3 is 0 Å². The quantitative estimate of drug-likeness (QED) is 0.828. The minimum absolute atomic E-state index is 0.0269. The predicted molar refractivity (Wildman–Crippen MR) is 99.0 cm³/mol. The van der Waals surface area contributed by atoms with E-state index in [0.29, 0.717) is 34.0 Å². The number of rotatable bonds is 5. The highest BCUT2D eigenvalue weighted by molar-refractivity contribution is 7.91. The molecule has 146 valence electrons. The van der Waals surface area contributed by atoms with E-state index < -0.39 is 9.84 Å². The number of likely N-dealkylation sites (tertiary alicyclic amines) is 1. The van der Waals surface area contributed by atoms with Gasteiger partial charge in [-0.1, -0.05) is 6.42 Å². The van der Waals surface area contributed by atoms with Crippen LogP contribution in [0.15, 0.2) is 23.5 Å². The standard InChI is InChI=1S/C18H25N5O3S/c1-12-18(13(2)22-21-12)27(24,25)11-23-9-14-4-3-5-15(10-23)17(14)26-16-8-19-6-7-20-16/h6-8,14-15,17H,3-5,9-11H2,1-2H3,(H,21,22)/t14-,15+,17+. The smallest absolute Gasteiger partial charge is 0.232 e. The second kappa shape index (κ2) is 7.20. The maximum Gasteiger partial charge on any atom is 0.232 e. The first-order valence-corrected chi connectivity index (χ1v) is 11.0. The molecular weight excluding hydrogens is 366 g/mol. The lowest BCUT2D eigenvalue weighted by Gasteiger charge is -2.46. The first-order valence-electron chi connectivity index (χ1n) is 9.33. The third-order valence-corrected chi connectivity index (χ3v) is 7.51. The van der Waals surface area contributed by atoms with Crippen LogP contribution in [0.4, 0.5) is 0 Å². The Bertz CT molecular complexity index is 865. The minimum Gasteiger partial charge on any atom is -0.473 e. The summed E-state index contributed by atoms with van der Waals surface area (Å²) in [6, 6.07) is 0. The van der Waals surface area contributed by atoms with Crippen molar-refractivity contribution in [3.8, 4) is 5.88 Å². The Kier molecular flexibility index (Phi) is 4.90. The fourth-order valence-electron chi connectivity index (χ4n) is 4.57. The van der Waals surface area contributed by atoms with Gasteiger partial charge in [-0.15, -0.1) is 0 Å². The van der Waals surface area contributed by atoms with Crippen LogP contribution in [-0.4, -0.2) is 58.6 Å². The first-order chi connectivity index (χ1) is 12.9. The Balaban J connectivity index is 1.49. The zero-order valence-electron chi connectivity index (χ0n) is 15.6. The van der Waals surface area contributed by atoms with Crippen molar-refractivity contribution < 1.29 is 13.2 Å². The molecule has 27 heavy (non-hydrogen) atoms. The summed E-state index contributed by atoms with van der Waals surface area (Å²) in [5.74, 6) is 1.19. The summed E-state index contributed by atoms with van der Waals surface area (Å²) in [6.07, 6.45) is 8.21. The second-order valence-corrected chi connectivity index (χ2v) is 9.52. The van der Waals surface area contributed by atoms with Crippen molar-refractivity contribution in [2.24, 2.45) is 11.8 Å². The summed E-state index contributed by atoms with van der Waals surface area (Å²) in [5.41, 5.74) is 1.14. The third kappa shape index (κ3) is 3.70. The molecule has 3 atom stereocenters. The number of H-pyrrole nitrogens is 1. The summed E-state index contributed by atoms with van der Waals surface area (Å²) in [6.45, 7) is 4.92. The molecule has 1 saturated carbocycles. The van der Waals surface area contributed by atoms with Crippen LogP contribution >= 0.6 is 0 Å². The lowest BCUT2D eigenvalue weighted by atomic mass is 9.75. The van der Waals surface area contributed by atoms with E-state index >= 15 is 0 Å². The number of fused-ring (bicyclic) bond motifs is 2. The van der Waals surface area contributed by atoms with E-state index in [0.717, 1.165) is 32.4 Å².